The van der Waals surface area contributed by atoms with E-state index in [-0.39, 0.29) is 0 Å². The summed E-state index contributed by atoms with van der Waals surface area (Å²) in [7, 11) is 1.72. The Kier molecular flexibility index (Phi) is 3.12. The van der Waals surface area contributed by atoms with Gasteiger partial charge in [0, 0.05) is 11.8 Å². The van der Waals surface area contributed by atoms with Gasteiger partial charge in [-0.3, -0.25) is 0 Å². The number of aryl methyl sites for hydroxylation is 1. The van der Waals surface area contributed by atoms with Crippen molar-refractivity contribution in [3.8, 4) is 5.75 Å². The zero-order chi connectivity index (χ0) is 14.3. The third-order valence-corrected chi connectivity index (χ3v) is 4.01. The molecule has 2 aromatic rings. The second-order valence-corrected chi connectivity index (χ2v) is 5.59. The summed E-state index contributed by atoms with van der Waals surface area (Å²) in [5.41, 5.74) is 8.21. The number of fused-ring (bicyclic) bond motifs is 1. The maximum Gasteiger partial charge on any atom is 0.239 e. The first-order valence-electron chi connectivity index (χ1n) is 6.93. The van der Waals surface area contributed by atoms with E-state index in [1.807, 2.05) is 10.7 Å². The van der Waals surface area contributed by atoms with Crippen molar-refractivity contribution >= 4 is 5.95 Å². The number of rotatable bonds is 2. The molecule has 0 bridgehead atoms. The van der Waals surface area contributed by atoms with Crippen LogP contribution in [-0.4, -0.2) is 21.9 Å². The quantitative estimate of drug-likeness (QED) is 0.912. The van der Waals surface area contributed by atoms with Crippen LogP contribution in [0, 0.1) is 6.92 Å². The van der Waals surface area contributed by atoms with Crippen LogP contribution < -0.4 is 10.5 Å². The molecule has 3 rings (SSSR count). The Morgan fingerprint density at radius 3 is 2.95 bits per heavy atom. The number of methoxy groups -OCH3 is 1. The van der Waals surface area contributed by atoms with Gasteiger partial charge in [0.25, 0.3) is 0 Å². The number of anilines is 1. The number of nitrogen functional groups attached to an aromatic ring is 1. The number of hydrogen-bond donors (Lipinski definition) is 1. The summed E-state index contributed by atoms with van der Waals surface area (Å²) >= 11 is 0. The Balaban J connectivity index is 1.99. The van der Waals surface area contributed by atoms with Crippen LogP contribution in [0.1, 0.15) is 42.1 Å². The van der Waals surface area contributed by atoms with Crippen LogP contribution in [0.3, 0.4) is 0 Å². The summed E-state index contributed by atoms with van der Waals surface area (Å²) in [6.45, 7) is 5.09. The molecule has 2 heterocycles. The summed E-state index contributed by atoms with van der Waals surface area (Å²) in [5, 5.41) is 4.30. The molecule has 0 saturated heterocycles. The SMILES string of the molecule is COc1ccc(C)cc1C1CC(C)c2nc(N)nn2C1. The van der Waals surface area contributed by atoms with E-state index in [9.17, 15) is 0 Å². The molecule has 0 radical (unpaired) electrons. The molecule has 2 atom stereocenters. The average Bonchev–Trinajstić information content (AvgIpc) is 2.79. The van der Waals surface area contributed by atoms with Gasteiger partial charge in [0.05, 0.1) is 13.7 Å². The van der Waals surface area contributed by atoms with Gasteiger partial charge in [-0.15, -0.1) is 5.10 Å². The van der Waals surface area contributed by atoms with Crippen molar-refractivity contribution in [3.63, 3.8) is 0 Å². The molecule has 0 fully saturated rings. The molecule has 0 amide bonds. The van der Waals surface area contributed by atoms with E-state index in [0.29, 0.717) is 17.8 Å². The maximum absolute atomic E-state index is 5.72. The lowest BCUT2D eigenvalue weighted by atomic mass is 9.85. The van der Waals surface area contributed by atoms with Gasteiger partial charge in [0.1, 0.15) is 11.6 Å². The lowest BCUT2D eigenvalue weighted by molar-refractivity contribution is 0.360. The second-order valence-electron chi connectivity index (χ2n) is 5.59. The van der Waals surface area contributed by atoms with Crippen LogP contribution >= 0.6 is 0 Å². The van der Waals surface area contributed by atoms with E-state index >= 15 is 0 Å². The molecule has 2 unspecified atom stereocenters. The van der Waals surface area contributed by atoms with Gasteiger partial charge in [-0.05, 0) is 25.0 Å². The van der Waals surface area contributed by atoms with Crippen molar-refractivity contribution in [3.05, 3.63) is 35.2 Å². The first-order valence-corrected chi connectivity index (χ1v) is 6.93. The summed E-state index contributed by atoms with van der Waals surface area (Å²) in [6, 6.07) is 6.33. The smallest absolute Gasteiger partial charge is 0.239 e. The minimum atomic E-state index is 0.351. The molecule has 1 aliphatic rings. The van der Waals surface area contributed by atoms with E-state index in [1.54, 1.807) is 7.11 Å². The number of benzene rings is 1. The van der Waals surface area contributed by atoms with Crippen molar-refractivity contribution in [2.45, 2.75) is 38.6 Å². The predicted molar refractivity (Wildman–Crippen MR) is 77.9 cm³/mol. The van der Waals surface area contributed by atoms with Crippen molar-refractivity contribution in [1.29, 1.82) is 0 Å². The Labute approximate surface area is 118 Å². The lowest BCUT2D eigenvalue weighted by Crippen LogP contribution is -2.23. The van der Waals surface area contributed by atoms with Gasteiger partial charge < -0.3 is 10.5 Å². The Bertz CT molecular complexity index is 635. The fraction of sp³-hybridized carbons (Fsp3) is 0.467. The zero-order valence-electron chi connectivity index (χ0n) is 12.1. The van der Waals surface area contributed by atoms with Crippen molar-refractivity contribution in [2.24, 2.45) is 0 Å². The Morgan fingerprint density at radius 2 is 2.20 bits per heavy atom. The molecule has 106 valence electrons. The number of aromatic nitrogens is 3. The summed E-state index contributed by atoms with van der Waals surface area (Å²) < 4.78 is 7.45. The number of hydrogen-bond acceptors (Lipinski definition) is 4. The van der Waals surface area contributed by atoms with Gasteiger partial charge in [-0.25, -0.2) is 4.68 Å². The zero-order valence-corrected chi connectivity index (χ0v) is 12.1. The van der Waals surface area contributed by atoms with Crippen LogP contribution in [0.25, 0.3) is 0 Å². The minimum Gasteiger partial charge on any atom is -0.496 e. The standard InChI is InChI=1S/C15H20N4O/c1-9-4-5-13(20-3)12(6-9)11-7-10(2)14-17-15(16)18-19(14)8-11/h4-6,10-11H,7-8H2,1-3H3,(H2,16,18). The molecule has 1 aromatic heterocycles. The Hall–Kier alpha value is -2.04. The fourth-order valence-corrected chi connectivity index (χ4v) is 3.08. The van der Waals surface area contributed by atoms with Gasteiger partial charge in [0.15, 0.2) is 0 Å². The molecule has 0 saturated carbocycles. The summed E-state index contributed by atoms with van der Waals surface area (Å²) in [6.07, 6.45) is 1.04. The first-order chi connectivity index (χ1) is 9.58. The molecule has 0 aliphatic carbocycles. The maximum atomic E-state index is 5.72. The number of nitrogens with zero attached hydrogens (tertiary/aromatic N) is 3. The molecular formula is C15H20N4O. The average molecular weight is 272 g/mol. The first kappa shape index (κ1) is 13.0. The molecule has 20 heavy (non-hydrogen) atoms. The molecule has 0 spiro atoms. The van der Waals surface area contributed by atoms with Crippen molar-refractivity contribution < 1.29 is 4.74 Å². The molecule has 2 N–H and O–H groups in total. The van der Waals surface area contributed by atoms with Crippen LogP contribution in [-0.2, 0) is 6.54 Å². The fourth-order valence-electron chi connectivity index (χ4n) is 3.08. The van der Waals surface area contributed by atoms with Crippen LogP contribution in [0.15, 0.2) is 18.2 Å². The van der Waals surface area contributed by atoms with Gasteiger partial charge in [0.2, 0.25) is 5.95 Å². The van der Waals surface area contributed by atoms with Crippen LogP contribution in [0.4, 0.5) is 5.95 Å². The highest BCUT2D eigenvalue weighted by Crippen LogP contribution is 2.39. The van der Waals surface area contributed by atoms with E-state index in [0.717, 1.165) is 24.5 Å². The van der Waals surface area contributed by atoms with E-state index in [4.69, 9.17) is 10.5 Å². The third-order valence-electron chi connectivity index (χ3n) is 4.01. The predicted octanol–water partition coefficient (Wildman–Crippen LogP) is 2.47. The van der Waals surface area contributed by atoms with Crippen LogP contribution in [0.2, 0.25) is 0 Å². The van der Waals surface area contributed by atoms with Crippen molar-refractivity contribution in [1.82, 2.24) is 14.8 Å². The molecule has 1 aliphatic heterocycles. The topological polar surface area (TPSA) is 66.0 Å². The van der Waals surface area contributed by atoms with E-state index in [2.05, 4.69) is 36.1 Å². The largest absolute Gasteiger partial charge is 0.496 e. The summed E-state index contributed by atoms with van der Waals surface area (Å²) in [5.74, 6) is 3.04. The summed E-state index contributed by atoms with van der Waals surface area (Å²) in [4.78, 5) is 4.32. The highest BCUT2D eigenvalue weighted by Gasteiger charge is 2.29. The Morgan fingerprint density at radius 1 is 1.40 bits per heavy atom. The highest BCUT2D eigenvalue weighted by molar-refractivity contribution is 5.40. The normalized spacial score (nSPS) is 21.6. The molecule has 1 aromatic carbocycles. The number of ether oxygens (including phenoxy) is 1. The van der Waals surface area contributed by atoms with Crippen LogP contribution in [0.5, 0.6) is 5.75 Å². The minimum absolute atomic E-state index is 0.351. The van der Waals surface area contributed by atoms with E-state index < -0.39 is 0 Å². The van der Waals surface area contributed by atoms with Gasteiger partial charge in [-0.1, -0.05) is 24.6 Å². The van der Waals surface area contributed by atoms with Crippen molar-refractivity contribution in [2.75, 3.05) is 12.8 Å². The van der Waals surface area contributed by atoms with E-state index in [1.165, 1.54) is 11.1 Å². The molecular weight excluding hydrogens is 252 g/mol. The third kappa shape index (κ3) is 2.13. The monoisotopic (exact) mass is 272 g/mol. The van der Waals surface area contributed by atoms with Gasteiger partial charge in [-0.2, -0.15) is 4.98 Å². The second kappa shape index (κ2) is 4.81. The molecule has 5 nitrogen and oxygen atoms in total. The van der Waals surface area contributed by atoms with Gasteiger partial charge >= 0.3 is 0 Å². The highest BCUT2D eigenvalue weighted by atomic mass is 16.5. The molecule has 5 heteroatoms. The number of nitrogens with two attached hydrogens (primary N) is 1. The lowest BCUT2D eigenvalue weighted by Gasteiger charge is -2.28.